The minimum atomic E-state index is -0.284. The monoisotopic (exact) mass is 344 g/mol. The normalized spacial score (nSPS) is 17.6. The summed E-state index contributed by atoms with van der Waals surface area (Å²) in [4.78, 5) is 18.6. The van der Waals surface area contributed by atoms with E-state index in [1.165, 1.54) is 0 Å². The Labute approximate surface area is 147 Å². The van der Waals surface area contributed by atoms with Gasteiger partial charge in [0.1, 0.15) is 18.5 Å². The van der Waals surface area contributed by atoms with E-state index >= 15 is 0 Å². The smallest absolute Gasteiger partial charge is 0.248 e. The number of nitrogens with one attached hydrogen (secondary N) is 1. The molecule has 1 saturated heterocycles. The SMILES string of the molecule is CCCc1nc([C@H]2CN(C(=O)COCc3ccccc3)CCO2)n[nH]1. The number of morpholine rings is 1. The van der Waals surface area contributed by atoms with Crippen molar-refractivity contribution in [3.63, 3.8) is 0 Å². The molecule has 7 nitrogen and oxygen atoms in total. The Bertz CT molecular complexity index is 674. The van der Waals surface area contributed by atoms with Crippen molar-refractivity contribution >= 4 is 5.91 Å². The molecule has 0 spiro atoms. The molecule has 1 aliphatic heterocycles. The van der Waals surface area contributed by atoms with Crippen molar-refractivity contribution in [1.29, 1.82) is 0 Å². The van der Waals surface area contributed by atoms with Crippen molar-refractivity contribution in [2.75, 3.05) is 26.3 Å². The number of aromatic nitrogens is 3. The van der Waals surface area contributed by atoms with Crippen LogP contribution in [0.15, 0.2) is 30.3 Å². The largest absolute Gasteiger partial charge is 0.367 e. The fourth-order valence-corrected chi connectivity index (χ4v) is 2.76. The molecule has 1 aliphatic rings. The van der Waals surface area contributed by atoms with Crippen molar-refractivity contribution < 1.29 is 14.3 Å². The van der Waals surface area contributed by atoms with Gasteiger partial charge in [0.2, 0.25) is 5.91 Å². The van der Waals surface area contributed by atoms with E-state index in [4.69, 9.17) is 9.47 Å². The second kappa shape index (κ2) is 8.73. The van der Waals surface area contributed by atoms with Crippen LogP contribution in [0, 0.1) is 0 Å². The van der Waals surface area contributed by atoms with Crippen LogP contribution >= 0.6 is 0 Å². The number of hydrogen-bond donors (Lipinski definition) is 1. The molecular formula is C18H24N4O3. The van der Waals surface area contributed by atoms with E-state index in [1.54, 1.807) is 4.90 Å². The fraction of sp³-hybridized carbons (Fsp3) is 0.500. The number of nitrogens with zero attached hydrogens (tertiary/aromatic N) is 3. The molecule has 7 heteroatoms. The first-order chi connectivity index (χ1) is 12.3. The van der Waals surface area contributed by atoms with Gasteiger partial charge in [0.15, 0.2) is 5.82 Å². The van der Waals surface area contributed by atoms with E-state index in [2.05, 4.69) is 22.1 Å². The first kappa shape index (κ1) is 17.6. The minimum Gasteiger partial charge on any atom is -0.367 e. The molecule has 1 fully saturated rings. The maximum Gasteiger partial charge on any atom is 0.248 e. The second-order valence-corrected chi connectivity index (χ2v) is 6.07. The molecule has 134 valence electrons. The number of H-pyrrole nitrogens is 1. The first-order valence-electron chi connectivity index (χ1n) is 8.68. The lowest BCUT2D eigenvalue weighted by Gasteiger charge is -2.31. The van der Waals surface area contributed by atoms with Crippen molar-refractivity contribution in [3.05, 3.63) is 47.5 Å². The zero-order valence-electron chi connectivity index (χ0n) is 14.5. The van der Waals surface area contributed by atoms with Crippen molar-refractivity contribution in [1.82, 2.24) is 20.1 Å². The van der Waals surface area contributed by atoms with E-state index in [1.807, 2.05) is 30.3 Å². The number of benzene rings is 1. The molecule has 0 bridgehead atoms. The molecule has 2 heterocycles. The van der Waals surface area contributed by atoms with Crippen LogP contribution in [0.4, 0.5) is 0 Å². The third-order valence-corrected chi connectivity index (χ3v) is 4.08. The van der Waals surface area contributed by atoms with Crippen LogP contribution < -0.4 is 0 Å². The lowest BCUT2D eigenvalue weighted by molar-refractivity contribution is -0.144. The number of aromatic amines is 1. The van der Waals surface area contributed by atoms with Gasteiger partial charge in [-0.1, -0.05) is 37.3 Å². The molecule has 3 rings (SSSR count). The molecule has 1 aromatic carbocycles. The van der Waals surface area contributed by atoms with Gasteiger partial charge in [-0.15, -0.1) is 0 Å². The molecule has 0 radical (unpaired) electrons. The van der Waals surface area contributed by atoms with Gasteiger partial charge < -0.3 is 14.4 Å². The van der Waals surface area contributed by atoms with Crippen LogP contribution in [-0.2, 0) is 27.3 Å². The zero-order valence-corrected chi connectivity index (χ0v) is 14.5. The van der Waals surface area contributed by atoms with Crippen molar-refractivity contribution in [2.45, 2.75) is 32.5 Å². The number of hydrogen-bond acceptors (Lipinski definition) is 5. The maximum absolute atomic E-state index is 12.4. The number of amides is 1. The summed E-state index contributed by atoms with van der Waals surface area (Å²) in [5, 5.41) is 7.15. The molecular weight excluding hydrogens is 320 g/mol. The molecule has 0 aliphatic carbocycles. The Morgan fingerprint density at radius 3 is 3.04 bits per heavy atom. The third kappa shape index (κ3) is 4.87. The van der Waals surface area contributed by atoms with Gasteiger partial charge in [-0.3, -0.25) is 9.89 Å². The number of carbonyl (C=O) groups excluding carboxylic acids is 1. The summed E-state index contributed by atoms with van der Waals surface area (Å²) in [5.74, 6) is 1.44. The molecule has 2 aromatic rings. The van der Waals surface area contributed by atoms with Crippen molar-refractivity contribution in [2.24, 2.45) is 0 Å². The number of ether oxygens (including phenoxy) is 2. The molecule has 25 heavy (non-hydrogen) atoms. The molecule has 1 amide bonds. The summed E-state index contributed by atoms with van der Waals surface area (Å²) in [5.41, 5.74) is 1.05. The van der Waals surface area contributed by atoms with Gasteiger partial charge >= 0.3 is 0 Å². The Morgan fingerprint density at radius 1 is 1.40 bits per heavy atom. The van der Waals surface area contributed by atoms with E-state index < -0.39 is 0 Å². The predicted octanol–water partition coefficient (Wildman–Crippen LogP) is 1.87. The topological polar surface area (TPSA) is 80.3 Å². The lowest BCUT2D eigenvalue weighted by Crippen LogP contribution is -2.44. The van der Waals surface area contributed by atoms with E-state index in [-0.39, 0.29) is 18.6 Å². The van der Waals surface area contributed by atoms with Crippen LogP contribution in [0.5, 0.6) is 0 Å². The van der Waals surface area contributed by atoms with Crippen molar-refractivity contribution in [3.8, 4) is 0 Å². The van der Waals surface area contributed by atoms with Crippen LogP contribution in [-0.4, -0.2) is 52.3 Å². The number of carbonyl (C=O) groups is 1. The first-order valence-corrected chi connectivity index (χ1v) is 8.68. The highest BCUT2D eigenvalue weighted by molar-refractivity contribution is 5.77. The van der Waals surface area contributed by atoms with Crippen LogP contribution in [0.1, 0.15) is 36.7 Å². The molecule has 1 N–H and O–H groups in total. The van der Waals surface area contributed by atoms with Gasteiger partial charge in [-0.25, -0.2) is 4.98 Å². The van der Waals surface area contributed by atoms with Crippen LogP contribution in [0.3, 0.4) is 0 Å². The van der Waals surface area contributed by atoms with Gasteiger partial charge in [-0.05, 0) is 12.0 Å². The Balaban J connectivity index is 1.49. The van der Waals surface area contributed by atoms with Gasteiger partial charge in [-0.2, -0.15) is 5.10 Å². The van der Waals surface area contributed by atoms with Gasteiger partial charge in [0, 0.05) is 13.0 Å². The molecule has 0 unspecified atom stereocenters. The summed E-state index contributed by atoms with van der Waals surface area (Å²) in [6.45, 7) is 4.09. The highest BCUT2D eigenvalue weighted by Crippen LogP contribution is 2.19. The zero-order chi connectivity index (χ0) is 17.5. The van der Waals surface area contributed by atoms with E-state index in [9.17, 15) is 4.79 Å². The average molecular weight is 344 g/mol. The number of rotatable bonds is 7. The average Bonchev–Trinajstić information content (AvgIpc) is 3.12. The summed E-state index contributed by atoms with van der Waals surface area (Å²) in [6.07, 6.45) is 1.58. The second-order valence-electron chi connectivity index (χ2n) is 6.07. The fourth-order valence-electron chi connectivity index (χ4n) is 2.76. The number of aryl methyl sites for hydroxylation is 1. The predicted molar refractivity (Wildman–Crippen MR) is 91.7 cm³/mol. The van der Waals surface area contributed by atoms with E-state index in [0.717, 1.165) is 24.2 Å². The lowest BCUT2D eigenvalue weighted by atomic mass is 10.2. The summed E-state index contributed by atoms with van der Waals surface area (Å²) >= 11 is 0. The third-order valence-electron chi connectivity index (χ3n) is 4.08. The molecule has 1 atom stereocenters. The Hall–Kier alpha value is -2.25. The Morgan fingerprint density at radius 2 is 2.24 bits per heavy atom. The summed E-state index contributed by atoms with van der Waals surface area (Å²) in [6, 6.07) is 9.82. The Kier molecular flexibility index (Phi) is 6.14. The quantitative estimate of drug-likeness (QED) is 0.829. The maximum atomic E-state index is 12.4. The van der Waals surface area contributed by atoms with Gasteiger partial charge in [0.05, 0.1) is 19.8 Å². The highest BCUT2D eigenvalue weighted by atomic mass is 16.5. The molecule has 1 aromatic heterocycles. The van der Waals surface area contributed by atoms with Gasteiger partial charge in [0.25, 0.3) is 0 Å². The minimum absolute atomic E-state index is 0.0338. The summed E-state index contributed by atoms with van der Waals surface area (Å²) < 4.78 is 11.3. The van der Waals surface area contributed by atoms with Crippen LogP contribution in [0.25, 0.3) is 0 Å². The van der Waals surface area contributed by atoms with E-state index in [0.29, 0.717) is 32.1 Å². The van der Waals surface area contributed by atoms with Crippen LogP contribution in [0.2, 0.25) is 0 Å². The molecule has 0 saturated carbocycles. The standard InChI is InChI=1S/C18H24N4O3/c1-2-6-16-19-18(21-20-16)15-11-22(9-10-25-15)17(23)13-24-12-14-7-4-3-5-8-14/h3-5,7-8,15H,2,6,9-13H2,1H3,(H,19,20,21)/t15-/m1/s1. The highest BCUT2D eigenvalue weighted by Gasteiger charge is 2.28. The summed E-state index contributed by atoms with van der Waals surface area (Å²) in [7, 11) is 0.